The van der Waals surface area contributed by atoms with Crippen molar-refractivity contribution < 1.29 is 9.18 Å². The lowest BCUT2D eigenvalue weighted by molar-refractivity contribution is 0.103. The Morgan fingerprint density at radius 2 is 2.00 bits per heavy atom. The van der Waals surface area contributed by atoms with Gasteiger partial charge in [-0.2, -0.15) is 5.10 Å². The summed E-state index contributed by atoms with van der Waals surface area (Å²) in [6.07, 6.45) is 1.46. The van der Waals surface area contributed by atoms with Crippen LogP contribution in [0.2, 0.25) is 0 Å². The summed E-state index contributed by atoms with van der Waals surface area (Å²) in [4.78, 5) is 12.0. The number of carbonyl (C=O) groups is 1. The van der Waals surface area contributed by atoms with E-state index in [1.54, 1.807) is 30.8 Å². The van der Waals surface area contributed by atoms with Gasteiger partial charge in [-0.25, -0.2) is 4.39 Å². The van der Waals surface area contributed by atoms with E-state index in [0.717, 1.165) is 5.69 Å². The second kappa shape index (κ2) is 3.89. The van der Waals surface area contributed by atoms with Crippen LogP contribution in [0.3, 0.4) is 0 Å². The minimum absolute atomic E-state index is 0.0820. The van der Waals surface area contributed by atoms with E-state index in [1.165, 1.54) is 18.3 Å². The summed E-state index contributed by atoms with van der Waals surface area (Å²) in [6.45, 7) is 1.78. The monoisotopic (exact) mass is 218 g/mol. The molecule has 0 aliphatic heterocycles. The Labute approximate surface area is 92.5 Å². The molecule has 0 unspecified atom stereocenters. The zero-order chi connectivity index (χ0) is 11.7. The van der Waals surface area contributed by atoms with Gasteiger partial charge in [0.05, 0.1) is 17.3 Å². The molecular formula is C12H11FN2O. The van der Waals surface area contributed by atoms with Gasteiger partial charge in [0, 0.05) is 12.7 Å². The van der Waals surface area contributed by atoms with Crippen LogP contribution < -0.4 is 0 Å². The molecule has 1 heterocycles. The first kappa shape index (κ1) is 10.5. The Balaban J connectivity index is 2.48. The maximum absolute atomic E-state index is 13.4. The van der Waals surface area contributed by atoms with Crippen molar-refractivity contribution in [2.24, 2.45) is 7.05 Å². The fraction of sp³-hybridized carbons (Fsp3) is 0.167. The second-order valence-electron chi connectivity index (χ2n) is 3.58. The molecule has 0 aliphatic rings. The molecule has 1 aromatic carbocycles. The van der Waals surface area contributed by atoms with Gasteiger partial charge in [0.25, 0.3) is 0 Å². The van der Waals surface area contributed by atoms with Crippen LogP contribution >= 0.6 is 0 Å². The molecule has 82 valence electrons. The summed E-state index contributed by atoms with van der Waals surface area (Å²) in [5, 5.41) is 3.97. The Morgan fingerprint density at radius 1 is 1.31 bits per heavy atom. The van der Waals surface area contributed by atoms with Crippen LogP contribution in [0.1, 0.15) is 21.6 Å². The van der Waals surface area contributed by atoms with Gasteiger partial charge in [0.2, 0.25) is 0 Å². The number of ketones is 1. The van der Waals surface area contributed by atoms with Gasteiger partial charge in [-0.05, 0) is 19.1 Å². The van der Waals surface area contributed by atoms with Crippen LogP contribution in [0, 0.1) is 12.7 Å². The lowest BCUT2D eigenvalue weighted by Crippen LogP contribution is -2.05. The molecular weight excluding hydrogens is 207 g/mol. The Morgan fingerprint density at radius 3 is 2.56 bits per heavy atom. The summed E-state index contributed by atoms with van der Waals surface area (Å²) in [7, 11) is 1.74. The maximum atomic E-state index is 13.4. The third-order valence-electron chi connectivity index (χ3n) is 2.60. The number of rotatable bonds is 2. The summed E-state index contributed by atoms with van der Waals surface area (Å²) < 4.78 is 15.0. The predicted octanol–water partition coefficient (Wildman–Crippen LogP) is 2.10. The minimum atomic E-state index is -0.504. The molecule has 3 nitrogen and oxygen atoms in total. The molecule has 0 amide bonds. The third-order valence-corrected chi connectivity index (χ3v) is 2.60. The summed E-state index contributed by atoms with van der Waals surface area (Å²) in [5.41, 5.74) is 1.25. The van der Waals surface area contributed by atoms with E-state index in [4.69, 9.17) is 0 Å². The Bertz CT molecular complexity index is 546. The number of hydrogen-bond donors (Lipinski definition) is 0. The molecule has 0 saturated carbocycles. The highest BCUT2D eigenvalue weighted by molar-refractivity contribution is 6.09. The number of hydrogen-bond acceptors (Lipinski definition) is 2. The largest absolute Gasteiger partial charge is 0.288 e. The molecule has 0 fully saturated rings. The summed E-state index contributed by atoms with van der Waals surface area (Å²) in [6, 6.07) is 5.95. The van der Waals surface area contributed by atoms with Crippen molar-refractivity contribution in [3.8, 4) is 0 Å². The van der Waals surface area contributed by atoms with E-state index in [9.17, 15) is 9.18 Å². The Kier molecular flexibility index (Phi) is 2.56. The van der Waals surface area contributed by atoms with E-state index in [0.29, 0.717) is 5.56 Å². The number of aromatic nitrogens is 2. The molecule has 0 aliphatic carbocycles. The fourth-order valence-electron chi connectivity index (χ4n) is 1.51. The predicted molar refractivity (Wildman–Crippen MR) is 57.8 cm³/mol. The summed E-state index contributed by atoms with van der Waals surface area (Å²) >= 11 is 0. The molecule has 0 bridgehead atoms. The van der Waals surface area contributed by atoms with E-state index in [1.807, 2.05) is 0 Å². The molecule has 1 aromatic heterocycles. The highest BCUT2D eigenvalue weighted by atomic mass is 19.1. The van der Waals surface area contributed by atoms with Crippen molar-refractivity contribution in [2.45, 2.75) is 6.92 Å². The molecule has 0 saturated heterocycles. The fourth-order valence-corrected chi connectivity index (χ4v) is 1.51. The first-order valence-corrected chi connectivity index (χ1v) is 4.89. The van der Waals surface area contributed by atoms with E-state index in [-0.39, 0.29) is 11.3 Å². The third kappa shape index (κ3) is 1.62. The zero-order valence-corrected chi connectivity index (χ0v) is 9.07. The molecule has 0 N–H and O–H groups in total. The van der Waals surface area contributed by atoms with Gasteiger partial charge in [0.15, 0.2) is 5.78 Å². The average Bonchev–Trinajstić information content (AvgIpc) is 2.60. The summed E-state index contributed by atoms with van der Waals surface area (Å²) in [5.74, 6) is -0.834. The first-order chi connectivity index (χ1) is 7.61. The van der Waals surface area contributed by atoms with Crippen molar-refractivity contribution >= 4 is 5.78 Å². The van der Waals surface area contributed by atoms with E-state index in [2.05, 4.69) is 5.10 Å². The van der Waals surface area contributed by atoms with Crippen LogP contribution in [-0.2, 0) is 7.05 Å². The lowest BCUT2D eigenvalue weighted by atomic mass is 10.0. The minimum Gasteiger partial charge on any atom is -0.288 e. The number of aryl methyl sites for hydroxylation is 1. The van der Waals surface area contributed by atoms with Gasteiger partial charge in [-0.1, -0.05) is 12.1 Å². The SMILES string of the molecule is Cc1c(C(=O)c2ccccc2F)cnn1C. The van der Waals surface area contributed by atoms with Gasteiger partial charge < -0.3 is 0 Å². The highest BCUT2D eigenvalue weighted by Gasteiger charge is 2.17. The van der Waals surface area contributed by atoms with Gasteiger partial charge in [-0.3, -0.25) is 9.48 Å². The van der Waals surface area contributed by atoms with E-state index < -0.39 is 5.82 Å². The van der Waals surface area contributed by atoms with Gasteiger partial charge >= 0.3 is 0 Å². The molecule has 0 spiro atoms. The number of nitrogens with zero attached hydrogens (tertiary/aromatic N) is 2. The van der Waals surface area contributed by atoms with Crippen molar-refractivity contribution in [2.75, 3.05) is 0 Å². The standard InChI is InChI=1S/C12H11FN2O/c1-8-10(7-14-15(8)2)12(16)9-5-3-4-6-11(9)13/h3-7H,1-2H3. The molecule has 0 radical (unpaired) electrons. The van der Waals surface area contributed by atoms with Gasteiger partial charge in [-0.15, -0.1) is 0 Å². The second-order valence-corrected chi connectivity index (χ2v) is 3.58. The van der Waals surface area contributed by atoms with Crippen LogP contribution in [0.25, 0.3) is 0 Å². The number of benzene rings is 1. The van der Waals surface area contributed by atoms with E-state index >= 15 is 0 Å². The van der Waals surface area contributed by atoms with Crippen LogP contribution in [0.4, 0.5) is 4.39 Å². The molecule has 4 heteroatoms. The Hall–Kier alpha value is -1.97. The van der Waals surface area contributed by atoms with Crippen molar-refractivity contribution in [1.82, 2.24) is 9.78 Å². The molecule has 2 rings (SSSR count). The topological polar surface area (TPSA) is 34.9 Å². The average molecular weight is 218 g/mol. The first-order valence-electron chi connectivity index (χ1n) is 4.89. The molecule has 16 heavy (non-hydrogen) atoms. The van der Waals surface area contributed by atoms with Crippen molar-refractivity contribution in [3.63, 3.8) is 0 Å². The zero-order valence-electron chi connectivity index (χ0n) is 9.07. The van der Waals surface area contributed by atoms with Crippen LogP contribution in [-0.4, -0.2) is 15.6 Å². The molecule has 2 aromatic rings. The van der Waals surface area contributed by atoms with Crippen molar-refractivity contribution in [3.05, 3.63) is 53.1 Å². The van der Waals surface area contributed by atoms with Gasteiger partial charge in [0.1, 0.15) is 5.82 Å². The highest BCUT2D eigenvalue weighted by Crippen LogP contribution is 2.15. The quantitative estimate of drug-likeness (QED) is 0.723. The van der Waals surface area contributed by atoms with Crippen LogP contribution in [0.5, 0.6) is 0 Å². The molecule has 0 atom stereocenters. The smallest absolute Gasteiger partial charge is 0.199 e. The maximum Gasteiger partial charge on any atom is 0.199 e. The normalized spacial score (nSPS) is 10.4. The number of carbonyl (C=O) groups excluding carboxylic acids is 1. The van der Waals surface area contributed by atoms with Crippen molar-refractivity contribution in [1.29, 1.82) is 0 Å². The lowest BCUT2D eigenvalue weighted by Gasteiger charge is -2.01. The number of halogens is 1. The van der Waals surface area contributed by atoms with Crippen LogP contribution in [0.15, 0.2) is 30.5 Å².